The van der Waals surface area contributed by atoms with Crippen LogP contribution in [0.25, 0.3) is 0 Å². The van der Waals surface area contributed by atoms with Crippen molar-refractivity contribution in [3.63, 3.8) is 0 Å². The largest absolute Gasteiger partial charge is 0.359 e. The number of carbonyl (C=O) groups is 2. The van der Waals surface area contributed by atoms with Crippen LogP contribution in [0.15, 0.2) is 0 Å². The van der Waals surface area contributed by atoms with Gasteiger partial charge >= 0.3 is 0 Å². The zero-order chi connectivity index (χ0) is 18.7. The molecule has 1 fully saturated rings. The molecule has 0 unspecified atom stereocenters. The van der Waals surface area contributed by atoms with Gasteiger partial charge in [0.2, 0.25) is 5.91 Å². The molecule has 0 aromatic carbocycles. The minimum Gasteiger partial charge on any atom is -0.359 e. The van der Waals surface area contributed by atoms with Crippen LogP contribution >= 0.6 is 0 Å². The van der Waals surface area contributed by atoms with Crippen LogP contribution in [-0.4, -0.2) is 38.2 Å². The number of ketones is 1. The second-order valence-electron chi connectivity index (χ2n) is 7.32. The molecule has 1 rings (SSSR count). The van der Waals surface area contributed by atoms with Gasteiger partial charge in [-0.1, -0.05) is 33.6 Å². The van der Waals surface area contributed by atoms with Crippen LogP contribution in [0, 0.1) is 17.8 Å². The van der Waals surface area contributed by atoms with E-state index < -0.39 is 0 Å². The van der Waals surface area contributed by atoms with Crippen LogP contribution in [0.2, 0.25) is 0 Å². The van der Waals surface area contributed by atoms with Crippen molar-refractivity contribution in [2.45, 2.75) is 78.2 Å². The highest BCUT2D eigenvalue weighted by molar-refractivity contribution is 5.81. The number of Topliss-reactive ketones (excluding diaryl/α,β-unsaturated/α-hetero) is 1. The summed E-state index contributed by atoms with van der Waals surface area (Å²) in [6, 6.07) is 0. The van der Waals surface area contributed by atoms with Gasteiger partial charge in [-0.25, -0.2) is 0 Å². The van der Waals surface area contributed by atoms with Crippen LogP contribution in [0.1, 0.15) is 72.1 Å². The molecule has 0 bridgehead atoms. The van der Waals surface area contributed by atoms with Gasteiger partial charge in [0.1, 0.15) is 12.6 Å². The molecular weight excluding hydrogens is 318 g/mol. The molecule has 0 aliphatic carbocycles. The molecule has 5 nitrogen and oxygen atoms in total. The Morgan fingerprint density at radius 1 is 1.08 bits per heavy atom. The highest BCUT2D eigenvalue weighted by Gasteiger charge is 2.27. The molecule has 5 heteroatoms. The average Bonchev–Trinajstić information content (AvgIpc) is 2.61. The number of carbonyl (C=O) groups excluding carboxylic acids is 2. The van der Waals surface area contributed by atoms with E-state index in [1.165, 1.54) is 0 Å². The minimum absolute atomic E-state index is 0.0228. The lowest BCUT2D eigenvalue weighted by atomic mass is 9.86. The van der Waals surface area contributed by atoms with E-state index in [0.717, 1.165) is 44.9 Å². The predicted molar refractivity (Wildman–Crippen MR) is 99.2 cm³/mol. The molecule has 0 saturated carbocycles. The molecule has 1 saturated heterocycles. The summed E-state index contributed by atoms with van der Waals surface area (Å²) in [6.45, 7) is 7.12. The summed E-state index contributed by atoms with van der Waals surface area (Å²) in [5.74, 6) is 0.848. The van der Waals surface area contributed by atoms with E-state index in [9.17, 15) is 9.59 Å². The second-order valence-corrected chi connectivity index (χ2v) is 7.32. The van der Waals surface area contributed by atoms with Crippen LogP contribution in [0.4, 0.5) is 0 Å². The Kier molecular flexibility index (Phi) is 11.0. The normalized spacial score (nSPS) is 30.6. The zero-order valence-electron chi connectivity index (χ0n) is 16.5. The molecule has 0 aromatic heterocycles. The van der Waals surface area contributed by atoms with Crippen molar-refractivity contribution >= 4 is 11.7 Å². The summed E-state index contributed by atoms with van der Waals surface area (Å²) in [7, 11) is 1.61. The summed E-state index contributed by atoms with van der Waals surface area (Å²) in [5.41, 5.74) is 0. The standard InChI is InChI=1S/C20H37NO4/c1-5-16-11-8-12-21-20(23)17(6-2)10-7-9-15(3)18(22)13-19(16)25-14-24-4/h15-17,19H,5-14H2,1-4H3,(H,21,23)/t15-,16+,17+,19+/m0/s1. The van der Waals surface area contributed by atoms with Gasteiger partial charge in [-0.2, -0.15) is 0 Å². The Labute approximate surface area is 153 Å². The molecule has 0 radical (unpaired) electrons. The predicted octanol–water partition coefficient (Wildman–Crippen LogP) is 3.70. The average molecular weight is 356 g/mol. The summed E-state index contributed by atoms with van der Waals surface area (Å²) in [5, 5.41) is 3.09. The van der Waals surface area contributed by atoms with Gasteiger partial charge < -0.3 is 14.8 Å². The molecule has 1 aliphatic rings. The first-order chi connectivity index (χ1) is 12.0. The van der Waals surface area contributed by atoms with Gasteiger partial charge in [0.05, 0.1) is 6.10 Å². The number of methoxy groups -OCH3 is 1. The first-order valence-corrected chi connectivity index (χ1v) is 9.94. The van der Waals surface area contributed by atoms with Gasteiger partial charge in [0, 0.05) is 31.9 Å². The van der Waals surface area contributed by atoms with Gasteiger partial charge in [0.25, 0.3) is 0 Å². The number of hydrogen-bond acceptors (Lipinski definition) is 4. The van der Waals surface area contributed by atoms with Crippen molar-refractivity contribution in [2.75, 3.05) is 20.4 Å². The fraction of sp³-hybridized carbons (Fsp3) is 0.900. The molecule has 1 aliphatic heterocycles. The third-order valence-corrected chi connectivity index (χ3v) is 5.51. The third-order valence-electron chi connectivity index (χ3n) is 5.51. The maximum atomic E-state index is 12.6. The quantitative estimate of drug-likeness (QED) is 0.764. The second kappa shape index (κ2) is 12.4. The van der Waals surface area contributed by atoms with Crippen LogP contribution in [0.3, 0.4) is 0 Å². The molecule has 4 atom stereocenters. The van der Waals surface area contributed by atoms with Crippen molar-refractivity contribution < 1.29 is 19.1 Å². The molecule has 146 valence electrons. The molecule has 0 aromatic rings. The molecule has 25 heavy (non-hydrogen) atoms. The number of ether oxygens (including phenoxy) is 2. The van der Waals surface area contributed by atoms with Gasteiger partial charge in [-0.05, 0) is 38.0 Å². The van der Waals surface area contributed by atoms with Crippen molar-refractivity contribution in [2.24, 2.45) is 17.8 Å². The fourth-order valence-corrected chi connectivity index (χ4v) is 3.64. The SMILES string of the molecule is CC[C@@H]1CCC[C@H](C)C(=O)C[C@@H](OCOC)[C@H](CC)CCCNC1=O. The van der Waals surface area contributed by atoms with Crippen molar-refractivity contribution in [3.8, 4) is 0 Å². The van der Waals surface area contributed by atoms with Crippen molar-refractivity contribution in [3.05, 3.63) is 0 Å². The lowest BCUT2D eigenvalue weighted by Crippen LogP contribution is -2.33. The molecule has 1 amide bonds. The lowest BCUT2D eigenvalue weighted by molar-refractivity contribution is -0.133. The number of amides is 1. The Morgan fingerprint density at radius 3 is 2.48 bits per heavy atom. The van der Waals surface area contributed by atoms with Crippen LogP contribution in [0.5, 0.6) is 0 Å². The van der Waals surface area contributed by atoms with E-state index in [0.29, 0.717) is 18.9 Å². The molecule has 1 N–H and O–H groups in total. The van der Waals surface area contributed by atoms with E-state index in [-0.39, 0.29) is 36.4 Å². The highest BCUT2D eigenvalue weighted by atomic mass is 16.7. The zero-order valence-corrected chi connectivity index (χ0v) is 16.5. The van der Waals surface area contributed by atoms with Gasteiger partial charge in [-0.3, -0.25) is 9.59 Å². The molecule has 1 heterocycles. The summed E-state index contributed by atoms with van der Waals surface area (Å²) in [4.78, 5) is 24.9. The minimum atomic E-state index is -0.0954. The van der Waals surface area contributed by atoms with E-state index >= 15 is 0 Å². The summed E-state index contributed by atoms with van der Waals surface area (Å²) >= 11 is 0. The lowest BCUT2D eigenvalue weighted by Gasteiger charge is -2.27. The Hall–Kier alpha value is -0.940. The Bertz CT molecular complexity index is 399. The van der Waals surface area contributed by atoms with Crippen LogP contribution in [-0.2, 0) is 19.1 Å². The number of nitrogens with one attached hydrogen (secondary N) is 1. The fourth-order valence-electron chi connectivity index (χ4n) is 3.64. The van der Waals surface area contributed by atoms with E-state index in [1.54, 1.807) is 7.11 Å². The highest BCUT2D eigenvalue weighted by Crippen LogP contribution is 2.25. The maximum Gasteiger partial charge on any atom is 0.223 e. The van der Waals surface area contributed by atoms with Gasteiger partial charge in [0.15, 0.2) is 0 Å². The summed E-state index contributed by atoms with van der Waals surface area (Å²) in [6.07, 6.45) is 6.67. The van der Waals surface area contributed by atoms with E-state index in [4.69, 9.17) is 9.47 Å². The monoisotopic (exact) mass is 355 g/mol. The van der Waals surface area contributed by atoms with Crippen molar-refractivity contribution in [1.82, 2.24) is 5.32 Å². The Morgan fingerprint density at radius 2 is 1.84 bits per heavy atom. The van der Waals surface area contributed by atoms with Crippen molar-refractivity contribution in [1.29, 1.82) is 0 Å². The Balaban J connectivity index is 2.80. The third kappa shape index (κ3) is 7.87. The summed E-state index contributed by atoms with van der Waals surface area (Å²) < 4.78 is 10.9. The molecule has 0 spiro atoms. The smallest absolute Gasteiger partial charge is 0.223 e. The maximum absolute atomic E-state index is 12.6. The topological polar surface area (TPSA) is 64.6 Å². The first-order valence-electron chi connectivity index (χ1n) is 9.94. The van der Waals surface area contributed by atoms with Crippen LogP contribution < -0.4 is 5.32 Å². The number of hydrogen-bond donors (Lipinski definition) is 1. The first kappa shape index (κ1) is 22.1. The van der Waals surface area contributed by atoms with Gasteiger partial charge in [-0.15, -0.1) is 0 Å². The van der Waals surface area contributed by atoms with E-state index in [2.05, 4.69) is 19.2 Å². The number of rotatable bonds is 5. The van der Waals surface area contributed by atoms with E-state index in [1.807, 2.05) is 6.92 Å². The molecular formula is C20H37NO4.